The summed E-state index contributed by atoms with van der Waals surface area (Å²) in [6, 6.07) is 0. The van der Waals surface area contributed by atoms with Crippen molar-refractivity contribution in [3.8, 4) is 0 Å². The van der Waals surface area contributed by atoms with Crippen LogP contribution in [0.15, 0.2) is 22.0 Å². The number of thioether (sulfide) groups is 1. The van der Waals surface area contributed by atoms with E-state index < -0.39 is 0 Å². The molecule has 1 heterocycles. The van der Waals surface area contributed by atoms with Gasteiger partial charge >= 0.3 is 0 Å². The highest BCUT2D eigenvalue weighted by Gasteiger charge is 2.46. The van der Waals surface area contributed by atoms with Gasteiger partial charge in [0.2, 0.25) is 0 Å². The monoisotopic (exact) mass is 150 g/mol. The summed E-state index contributed by atoms with van der Waals surface area (Å²) in [7, 11) is 0. The lowest BCUT2D eigenvalue weighted by atomic mass is 9.80. The van der Waals surface area contributed by atoms with E-state index in [0.29, 0.717) is 0 Å². The van der Waals surface area contributed by atoms with Gasteiger partial charge in [-0.1, -0.05) is 23.9 Å². The lowest BCUT2D eigenvalue weighted by Crippen LogP contribution is -2.16. The topological polar surface area (TPSA) is 0 Å². The zero-order valence-corrected chi connectivity index (χ0v) is 6.71. The van der Waals surface area contributed by atoms with Gasteiger partial charge in [0.05, 0.1) is 0 Å². The van der Waals surface area contributed by atoms with E-state index >= 15 is 0 Å². The van der Waals surface area contributed by atoms with Crippen LogP contribution in [-0.2, 0) is 0 Å². The van der Waals surface area contributed by atoms with E-state index in [2.05, 4.69) is 6.58 Å². The number of rotatable bonds is 0. The average Bonchev–Trinajstić information content (AvgIpc) is 2.20. The van der Waals surface area contributed by atoms with Gasteiger partial charge in [0, 0.05) is 6.42 Å². The van der Waals surface area contributed by atoms with Gasteiger partial charge in [-0.05, 0) is 34.5 Å². The van der Waals surface area contributed by atoms with Gasteiger partial charge in [-0.2, -0.15) is 0 Å². The third-order valence-corrected chi connectivity index (χ3v) is 4.21. The Labute approximate surface area is 65.4 Å². The molecule has 2 bridgehead atoms. The van der Waals surface area contributed by atoms with E-state index in [0.717, 1.165) is 11.8 Å². The summed E-state index contributed by atoms with van der Waals surface area (Å²) in [6.45, 7) is 4.01. The maximum atomic E-state index is 4.01. The number of hydrogen-bond donors (Lipinski definition) is 0. The molecular formula is C9H10S. The Bertz CT molecular complexity index is 221. The SMILES string of the molecule is C=C1CC2=C(S1)C1CC2C1. The van der Waals surface area contributed by atoms with E-state index in [1.54, 1.807) is 10.5 Å². The van der Waals surface area contributed by atoms with Crippen LogP contribution in [0.1, 0.15) is 19.3 Å². The van der Waals surface area contributed by atoms with Crippen molar-refractivity contribution in [1.82, 2.24) is 0 Å². The second-order valence-corrected chi connectivity index (χ2v) is 4.79. The predicted octanol–water partition coefficient (Wildman–Crippen LogP) is 2.93. The summed E-state index contributed by atoms with van der Waals surface area (Å²) in [4.78, 5) is 3.11. The molecule has 10 heavy (non-hydrogen) atoms. The van der Waals surface area contributed by atoms with Crippen LogP contribution in [0.3, 0.4) is 0 Å². The second-order valence-electron chi connectivity index (χ2n) is 3.57. The molecule has 1 fully saturated rings. The molecule has 0 spiro atoms. The summed E-state index contributed by atoms with van der Waals surface area (Å²) < 4.78 is 0. The normalized spacial score (nSPS) is 42.2. The van der Waals surface area contributed by atoms with Crippen LogP contribution in [0.4, 0.5) is 0 Å². The summed E-state index contributed by atoms with van der Waals surface area (Å²) in [6.07, 6.45) is 4.18. The van der Waals surface area contributed by atoms with Gasteiger partial charge in [0.25, 0.3) is 0 Å². The highest BCUT2D eigenvalue weighted by molar-refractivity contribution is 8.07. The van der Waals surface area contributed by atoms with Gasteiger partial charge in [0.1, 0.15) is 0 Å². The molecule has 0 aromatic rings. The van der Waals surface area contributed by atoms with Gasteiger partial charge in [-0.15, -0.1) is 0 Å². The molecule has 4 aliphatic rings. The molecule has 0 aromatic heterocycles. The Morgan fingerprint density at radius 2 is 2.10 bits per heavy atom. The lowest BCUT2D eigenvalue weighted by Gasteiger charge is -2.27. The van der Waals surface area contributed by atoms with Crippen molar-refractivity contribution in [3.05, 3.63) is 22.0 Å². The highest BCUT2D eigenvalue weighted by atomic mass is 32.2. The van der Waals surface area contributed by atoms with E-state index in [-0.39, 0.29) is 0 Å². The van der Waals surface area contributed by atoms with Crippen LogP contribution in [0.2, 0.25) is 0 Å². The fraction of sp³-hybridized carbons (Fsp3) is 0.556. The molecule has 0 saturated heterocycles. The van der Waals surface area contributed by atoms with Gasteiger partial charge in [0.15, 0.2) is 0 Å². The summed E-state index contributed by atoms with van der Waals surface area (Å²) >= 11 is 1.97. The smallest absolute Gasteiger partial charge is 0.000452 e. The van der Waals surface area contributed by atoms with Crippen LogP contribution in [0.5, 0.6) is 0 Å². The van der Waals surface area contributed by atoms with E-state index in [4.69, 9.17) is 0 Å². The molecule has 52 valence electrons. The van der Waals surface area contributed by atoms with Crippen molar-refractivity contribution < 1.29 is 0 Å². The predicted molar refractivity (Wildman–Crippen MR) is 44.6 cm³/mol. The van der Waals surface area contributed by atoms with Crippen LogP contribution < -0.4 is 0 Å². The minimum Gasteiger partial charge on any atom is -0.0990 e. The van der Waals surface area contributed by atoms with Crippen LogP contribution >= 0.6 is 11.8 Å². The molecule has 1 aliphatic heterocycles. The molecule has 0 aromatic carbocycles. The first kappa shape index (κ1) is 5.48. The molecule has 0 amide bonds. The first-order valence-corrected chi connectivity index (χ1v) is 4.75. The molecule has 0 atom stereocenters. The molecule has 3 aliphatic carbocycles. The van der Waals surface area contributed by atoms with Crippen LogP contribution in [0.25, 0.3) is 0 Å². The maximum absolute atomic E-state index is 4.01. The third-order valence-electron chi connectivity index (χ3n) is 2.96. The molecule has 1 saturated carbocycles. The molecule has 0 N–H and O–H groups in total. The molecule has 1 heteroatoms. The molecule has 0 unspecified atom stereocenters. The van der Waals surface area contributed by atoms with E-state index in [1.165, 1.54) is 24.2 Å². The van der Waals surface area contributed by atoms with Gasteiger partial charge in [-0.25, -0.2) is 0 Å². The Hall–Kier alpha value is -0.170. The Morgan fingerprint density at radius 1 is 1.30 bits per heavy atom. The standard InChI is InChI=1S/C9H10S/c1-5-2-8-6-3-7(4-6)9(8)10-5/h6-7H,1-4H2. The Balaban J connectivity index is 2.04. The largest absolute Gasteiger partial charge is 0.0990 e. The van der Waals surface area contributed by atoms with Crippen LogP contribution in [-0.4, -0.2) is 0 Å². The Kier molecular flexibility index (Phi) is 0.836. The van der Waals surface area contributed by atoms with Crippen molar-refractivity contribution in [2.45, 2.75) is 19.3 Å². The number of allylic oxidation sites excluding steroid dienone is 3. The third kappa shape index (κ3) is 0.472. The summed E-state index contributed by atoms with van der Waals surface area (Å²) in [5.74, 6) is 1.97. The molecule has 4 rings (SSSR count). The maximum Gasteiger partial charge on any atom is 0.000452 e. The zero-order chi connectivity index (χ0) is 6.72. The number of hydrogen-bond acceptors (Lipinski definition) is 1. The molecule has 0 radical (unpaired) electrons. The van der Waals surface area contributed by atoms with Gasteiger partial charge in [-0.3, -0.25) is 0 Å². The first-order valence-electron chi connectivity index (χ1n) is 3.93. The summed E-state index contributed by atoms with van der Waals surface area (Å²) in [5.41, 5.74) is 1.76. The van der Waals surface area contributed by atoms with Crippen LogP contribution in [0, 0.1) is 11.8 Å². The first-order chi connectivity index (χ1) is 4.84. The van der Waals surface area contributed by atoms with Crippen molar-refractivity contribution in [1.29, 1.82) is 0 Å². The van der Waals surface area contributed by atoms with Gasteiger partial charge < -0.3 is 0 Å². The molecular weight excluding hydrogens is 140 g/mol. The van der Waals surface area contributed by atoms with E-state index in [9.17, 15) is 0 Å². The second kappa shape index (κ2) is 1.53. The van der Waals surface area contributed by atoms with Crippen molar-refractivity contribution in [2.24, 2.45) is 11.8 Å². The molecule has 0 nitrogen and oxygen atoms in total. The minimum absolute atomic E-state index is 0.976. The Morgan fingerprint density at radius 3 is 2.80 bits per heavy atom. The fourth-order valence-corrected chi connectivity index (χ4v) is 3.63. The van der Waals surface area contributed by atoms with Crippen molar-refractivity contribution in [3.63, 3.8) is 0 Å². The van der Waals surface area contributed by atoms with E-state index in [1.807, 2.05) is 11.8 Å². The van der Waals surface area contributed by atoms with Crippen molar-refractivity contribution in [2.75, 3.05) is 0 Å². The fourth-order valence-electron chi connectivity index (χ4n) is 2.36. The average molecular weight is 150 g/mol. The summed E-state index contributed by atoms with van der Waals surface area (Å²) in [5, 5.41) is 0. The van der Waals surface area contributed by atoms with Crippen molar-refractivity contribution >= 4 is 11.8 Å². The minimum atomic E-state index is 0.976. The highest BCUT2D eigenvalue weighted by Crippen LogP contribution is 2.63. The zero-order valence-electron chi connectivity index (χ0n) is 5.89. The quantitative estimate of drug-likeness (QED) is 0.511. The lowest BCUT2D eigenvalue weighted by molar-refractivity contribution is 0.319.